The Bertz CT molecular complexity index is 1680. The SMILES string of the molecule is CS(=O)(=O)c1ccccc1-c1ccc(C(=O)Nc2c(Cl)cc(Cl)cc2C(=O)Nc2ccc(Br)cn2)c(F)c1. The Balaban J connectivity index is 1.65. The quantitative estimate of drug-likeness (QED) is 0.240. The van der Waals surface area contributed by atoms with E-state index in [1.54, 1.807) is 30.3 Å². The van der Waals surface area contributed by atoms with Crippen LogP contribution in [0, 0.1) is 5.82 Å². The van der Waals surface area contributed by atoms with Crippen LogP contribution in [0.4, 0.5) is 15.9 Å². The number of halogens is 4. The van der Waals surface area contributed by atoms with E-state index in [1.165, 1.54) is 36.5 Å². The topological polar surface area (TPSA) is 105 Å². The van der Waals surface area contributed by atoms with Gasteiger partial charge >= 0.3 is 0 Å². The minimum Gasteiger partial charge on any atom is -0.320 e. The van der Waals surface area contributed by atoms with Crippen molar-refractivity contribution < 1.29 is 22.4 Å². The largest absolute Gasteiger partial charge is 0.320 e. The van der Waals surface area contributed by atoms with Gasteiger partial charge in [0.25, 0.3) is 11.8 Å². The van der Waals surface area contributed by atoms with E-state index in [0.717, 1.165) is 12.3 Å². The van der Waals surface area contributed by atoms with Crippen molar-refractivity contribution in [2.45, 2.75) is 4.90 Å². The number of anilines is 2. The summed E-state index contributed by atoms with van der Waals surface area (Å²) in [6, 6.07) is 15.7. The fraction of sp³-hybridized carbons (Fsp3) is 0.0385. The van der Waals surface area contributed by atoms with Crippen molar-refractivity contribution in [3.05, 3.63) is 104 Å². The molecule has 0 aliphatic carbocycles. The number of carbonyl (C=O) groups is 2. The van der Waals surface area contributed by atoms with Gasteiger partial charge in [-0.25, -0.2) is 17.8 Å². The van der Waals surface area contributed by atoms with Gasteiger partial charge in [0, 0.05) is 27.5 Å². The molecule has 0 saturated heterocycles. The molecule has 0 aliphatic rings. The van der Waals surface area contributed by atoms with Crippen molar-refractivity contribution in [3.8, 4) is 11.1 Å². The standard InChI is InChI=1S/C26H17BrCl2FN3O4S/c1-38(36,37)22-5-3-2-4-17(22)14-6-8-18(21(30)10-14)25(34)33-24-19(11-16(28)12-20(24)29)26(35)32-23-9-7-15(27)13-31-23/h2-13H,1H3,(H,33,34)(H,31,32,35). The fourth-order valence-corrected chi connectivity index (χ4v) is 5.28. The van der Waals surface area contributed by atoms with Crippen LogP contribution in [0.3, 0.4) is 0 Å². The molecular formula is C26H17BrCl2FN3O4S. The number of carbonyl (C=O) groups excluding carboxylic acids is 2. The van der Waals surface area contributed by atoms with Crippen LogP contribution in [-0.4, -0.2) is 31.5 Å². The zero-order valence-corrected chi connectivity index (χ0v) is 23.3. The molecule has 0 bridgehead atoms. The second kappa shape index (κ2) is 11.2. The van der Waals surface area contributed by atoms with Gasteiger partial charge in [-0.15, -0.1) is 0 Å². The highest BCUT2D eigenvalue weighted by Gasteiger charge is 2.22. The monoisotopic (exact) mass is 635 g/mol. The molecular weight excluding hydrogens is 620 g/mol. The van der Waals surface area contributed by atoms with Gasteiger partial charge in [0.05, 0.1) is 26.7 Å². The van der Waals surface area contributed by atoms with Gasteiger partial charge in [0.1, 0.15) is 11.6 Å². The van der Waals surface area contributed by atoms with E-state index in [2.05, 4.69) is 31.5 Å². The van der Waals surface area contributed by atoms with Crippen LogP contribution in [0.25, 0.3) is 11.1 Å². The molecule has 0 atom stereocenters. The molecule has 0 fully saturated rings. The second-order valence-corrected chi connectivity index (χ2v) is 11.8. The molecule has 4 rings (SSSR count). The lowest BCUT2D eigenvalue weighted by molar-refractivity contribution is 0.102. The predicted molar refractivity (Wildman–Crippen MR) is 149 cm³/mol. The molecule has 3 aromatic carbocycles. The van der Waals surface area contributed by atoms with Crippen molar-refractivity contribution in [2.75, 3.05) is 16.9 Å². The Kier molecular flexibility index (Phi) is 8.17. The minimum absolute atomic E-state index is 0.0282. The van der Waals surface area contributed by atoms with Gasteiger partial charge in [0.15, 0.2) is 9.84 Å². The third-order valence-electron chi connectivity index (χ3n) is 5.32. The Labute approximate surface area is 236 Å². The molecule has 0 spiro atoms. The minimum atomic E-state index is -3.58. The number of rotatable bonds is 6. The molecule has 12 heteroatoms. The number of nitrogens with zero attached hydrogens (tertiary/aromatic N) is 1. The maximum atomic E-state index is 15.1. The van der Waals surface area contributed by atoms with E-state index in [9.17, 15) is 18.0 Å². The van der Waals surface area contributed by atoms with Crippen LogP contribution in [-0.2, 0) is 9.84 Å². The van der Waals surface area contributed by atoms with Crippen LogP contribution in [0.1, 0.15) is 20.7 Å². The molecule has 7 nitrogen and oxygen atoms in total. The molecule has 4 aromatic rings. The highest BCUT2D eigenvalue weighted by molar-refractivity contribution is 9.10. The van der Waals surface area contributed by atoms with Gasteiger partial charge in [0.2, 0.25) is 0 Å². The Morgan fingerprint density at radius 2 is 1.63 bits per heavy atom. The molecule has 0 radical (unpaired) electrons. The summed E-state index contributed by atoms with van der Waals surface area (Å²) in [5, 5.41) is 5.16. The smallest absolute Gasteiger partial charge is 0.259 e. The Hall–Kier alpha value is -3.31. The summed E-state index contributed by atoms with van der Waals surface area (Å²) in [6.45, 7) is 0. The zero-order valence-electron chi connectivity index (χ0n) is 19.4. The zero-order chi connectivity index (χ0) is 27.6. The van der Waals surface area contributed by atoms with E-state index in [0.29, 0.717) is 10.0 Å². The number of hydrogen-bond donors (Lipinski definition) is 2. The number of benzene rings is 3. The summed E-state index contributed by atoms with van der Waals surface area (Å²) in [6.07, 6.45) is 2.55. The maximum absolute atomic E-state index is 15.1. The van der Waals surface area contributed by atoms with Crippen LogP contribution in [0.2, 0.25) is 10.0 Å². The number of nitrogens with one attached hydrogen (secondary N) is 2. The lowest BCUT2D eigenvalue weighted by atomic mass is 10.0. The molecule has 38 heavy (non-hydrogen) atoms. The first kappa shape index (κ1) is 27.7. The molecule has 0 saturated carbocycles. The molecule has 0 aliphatic heterocycles. The van der Waals surface area contributed by atoms with Crippen LogP contribution >= 0.6 is 39.1 Å². The second-order valence-electron chi connectivity index (χ2n) is 8.04. The maximum Gasteiger partial charge on any atom is 0.259 e. The number of amides is 2. The highest BCUT2D eigenvalue weighted by atomic mass is 79.9. The van der Waals surface area contributed by atoms with Crippen molar-refractivity contribution in [3.63, 3.8) is 0 Å². The summed E-state index contributed by atoms with van der Waals surface area (Å²) >= 11 is 15.6. The highest BCUT2D eigenvalue weighted by Crippen LogP contribution is 2.33. The Morgan fingerprint density at radius 1 is 0.921 bits per heavy atom. The summed E-state index contributed by atoms with van der Waals surface area (Å²) < 4.78 is 40.1. The summed E-state index contributed by atoms with van der Waals surface area (Å²) in [5.41, 5.74) is 0.0626. The predicted octanol–water partition coefficient (Wildman–Crippen LogP) is 6.87. The van der Waals surface area contributed by atoms with Gasteiger partial charge in [-0.2, -0.15) is 0 Å². The third-order valence-corrected chi connectivity index (χ3v) is 7.46. The number of pyridine rings is 1. The molecule has 2 N–H and O–H groups in total. The van der Waals surface area contributed by atoms with Crippen molar-refractivity contribution in [1.29, 1.82) is 0 Å². The lowest BCUT2D eigenvalue weighted by Gasteiger charge is -2.15. The summed E-state index contributed by atoms with van der Waals surface area (Å²) in [5.74, 6) is -2.21. The summed E-state index contributed by atoms with van der Waals surface area (Å²) in [4.78, 5) is 30.1. The van der Waals surface area contributed by atoms with E-state index in [-0.39, 0.29) is 43.1 Å². The lowest BCUT2D eigenvalue weighted by Crippen LogP contribution is -2.20. The van der Waals surface area contributed by atoms with E-state index < -0.39 is 27.5 Å². The first-order valence-corrected chi connectivity index (χ1v) is 14.2. The number of aromatic nitrogens is 1. The van der Waals surface area contributed by atoms with Gasteiger partial charge < -0.3 is 10.6 Å². The molecule has 0 unspecified atom stereocenters. The van der Waals surface area contributed by atoms with Crippen molar-refractivity contribution >= 4 is 72.3 Å². The first-order chi connectivity index (χ1) is 17.9. The number of sulfone groups is 1. The van der Waals surface area contributed by atoms with E-state index >= 15 is 4.39 Å². The molecule has 1 heterocycles. The number of hydrogen-bond acceptors (Lipinski definition) is 5. The normalized spacial score (nSPS) is 11.2. The van der Waals surface area contributed by atoms with E-state index in [4.69, 9.17) is 23.2 Å². The van der Waals surface area contributed by atoms with Crippen molar-refractivity contribution in [1.82, 2.24) is 4.98 Å². The van der Waals surface area contributed by atoms with E-state index in [1.807, 2.05) is 0 Å². The van der Waals surface area contributed by atoms with Gasteiger partial charge in [-0.05, 0) is 64.0 Å². The first-order valence-electron chi connectivity index (χ1n) is 10.8. The van der Waals surface area contributed by atoms with Gasteiger partial charge in [-0.1, -0.05) is 47.5 Å². The molecule has 194 valence electrons. The molecule has 1 aromatic heterocycles. The van der Waals surface area contributed by atoms with Crippen LogP contribution in [0.5, 0.6) is 0 Å². The van der Waals surface area contributed by atoms with Crippen LogP contribution in [0.15, 0.2) is 82.3 Å². The van der Waals surface area contributed by atoms with Crippen molar-refractivity contribution in [2.24, 2.45) is 0 Å². The summed E-state index contributed by atoms with van der Waals surface area (Å²) in [7, 11) is -3.58. The average Bonchev–Trinajstić information content (AvgIpc) is 2.86. The average molecular weight is 637 g/mol. The van der Waals surface area contributed by atoms with Gasteiger partial charge in [-0.3, -0.25) is 9.59 Å². The molecule has 2 amide bonds. The fourth-order valence-electron chi connectivity index (χ4n) is 3.59. The Morgan fingerprint density at radius 3 is 2.29 bits per heavy atom. The van der Waals surface area contributed by atoms with Crippen LogP contribution < -0.4 is 10.6 Å². The third kappa shape index (κ3) is 6.21.